The maximum Gasteiger partial charge on any atom is 0.273 e. The van der Waals surface area contributed by atoms with Crippen molar-refractivity contribution >= 4 is 5.91 Å². The number of hydrogen-bond donors (Lipinski definition) is 3. The van der Waals surface area contributed by atoms with E-state index in [1.54, 1.807) is 29.3 Å². The van der Waals surface area contributed by atoms with Gasteiger partial charge in [0, 0.05) is 31.1 Å². The van der Waals surface area contributed by atoms with E-state index < -0.39 is 0 Å². The lowest BCUT2D eigenvalue weighted by Crippen LogP contribution is -2.44. The summed E-state index contributed by atoms with van der Waals surface area (Å²) in [6.45, 7) is 4.26. The standard InChI is InChI=1S/C21H24N6O2/c1-14-3-4-15(2)19(11-14)29-13-27-10-7-17(26-27)21(28)23-20-12-18(24-25-20)16-5-8-22-9-6-16/h3-11,18,20,24-25H,12-13H2,1-2H3,(H,23,28). The average Bonchev–Trinajstić information content (AvgIpc) is 3.39. The van der Waals surface area contributed by atoms with Crippen molar-refractivity contribution < 1.29 is 9.53 Å². The third kappa shape index (κ3) is 4.61. The highest BCUT2D eigenvalue weighted by Crippen LogP contribution is 2.21. The van der Waals surface area contributed by atoms with Crippen LogP contribution in [0.4, 0.5) is 0 Å². The number of aryl methyl sites for hydroxylation is 2. The van der Waals surface area contributed by atoms with Crippen LogP contribution in [0.15, 0.2) is 55.0 Å². The minimum absolute atomic E-state index is 0.117. The van der Waals surface area contributed by atoms with Crippen molar-refractivity contribution in [3.8, 4) is 5.75 Å². The van der Waals surface area contributed by atoms with Crippen molar-refractivity contribution in [1.29, 1.82) is 0 Å². The van der Waals surface area contributed by atoms with E-state index in [9.17, 15) is 4.79 Å². The first-order valence-electron chi connectivity index (χ1n) is 9.54. The molecule has 3 heterocycles. The van der Waals surface area contributed by atoms with E-state index in [2.05, 4.69) is 26.3 Å². The molecule has 0 spiro atoms. The third-order valence-electron chi connectivity index (χ3n) is 4.89. The summed E-state index contributed by atoms with van der Waals surface area (Å²) in [5.74, 6) is 0.583. The molecule has 0 bridgehead atoms. The van der Waals surface area contributed by atoms with Crippen LogP contribution in [0, 0.1) is 13.8 Å². The summed E-state index contributed by atoms with van der Waals surface area (Å²) in [4.78, 5) is 16.6. The molecule has 3 N–H and O–H groups in total. The molecule has 2 unspecified atom stereocenters. The summed E-state index contributed by atoms with van der Waals surface area (Å²) in [7, 11) is 0. The third-order valence-corrected chi connectivity index (χ3v) is 4.89. The number of hydrogen-bond acceptors (Lipinski definition) is 6. The Hall–Kier alpha value is -3.23. The van der Waals surface area contributed by atoms with Crippen LogP contribution in [-0.2, 0) is 6.73 Å². The molecule has 1 aliphatic rings. The van der Waals surface area contributed by atoms with Crippen LogP contribution in [0.2, 0.25) is 0 Å². The van der Waals surface area contributed by atoms with Crippen LogP contribution in [0.25, 0.3) is 0 Å². The SMILES string of the molecule is Cc1ccc(C)c(OCn2ccc(C(=O)NC3CC(c4ccncc4)NN3)n2)c1. The van der Waals surface area contributed by atoms with Gasteiger partial charge in [-0.3, -0.25) is 9.78 Å². The van der Waals surface area contributed by atoms with E-state index in [1.165, 1.54) is 0 Å². The smallest absolute Gasteiger partial charge is 0.273 e. The number of hydrazine groups is 1. The van der Waals surface area contributed by atoms with Crippen molar-refractivity contribution in [3.05, 3.63) is 77.4 Å². The Morgan fingerprint density at radius 2 is 2.03 bits per heavy atom. The first-order chi connectivity index (χ1) is 14.1. The van der Waals surface area contributed by atoms with Gasteiger partial charge in [-0.15, -0.1) is 0 Å². The van der Waals surface area contributed by atoms with Gasteiger partial charge in [-0.25, -0.2) is 15.5 Å². The lowest BCUT2D eigenvalue weighted by molar-refractivity contribution is 0.0925. The number of pyridine rings is 1. The van der Waals surface area contributed by atoms with Gasteiger partial charge in [0.25, 0.3) is 5.91 Å². The van der Waals surface area contributed by atoms with Gasteiger partial charge < -0.3 is 10.1 Å². The molecule has 0 saturated carbocycles. The van der Waals surface area contributed by atoms with Crippen molar-refractivity contribution in [1.82, 2.24) is 30.9 Å². The maximum absolute atomic E-state index is 12.5. The highest BCUT2D eigenvalue weighted by Gasteiger charge is 2.26. The normalized spacial score (nSPS) is 18.6. The van der Waals surface area contributed by atoms with Gasteiger partial charge in [-0.05, 0) is 54.8 Å². The second-order valence-electron chi connectivity index (χ2n) is 7.17. The monoisotopic (exact) mass is 392 g/mol. The van der Waals surface area contributed by atoms with E-state index >= 15 is 0 Å². The van der Waals surface area contributed by atoms with Crippen LogP contribution in [0.3, 0.4) is 0 Å². The van der Waals surface area contributed by atoms with Crippen LogP contribution in [-0.4, -0.2) is 26.8 Å². The summed E-state index contributed by atoms with van der Waals surface area (Å²) >= 11 is 0. The quantitative estimate of drug-likeness (QED) is 0.596. The summed E-state index contributed by atoms with van der Waals surface area (Å²) < 4.78 is 7.44. The van der Waals surface area contributed by atoms with Gasteiger partial charge in [0.05, 0.1) is 6.17 Å². The predicted octanol–water partition coefficient (Wildman–Crippen LogP) is 2.23. The highest BCUT2D eigenvalue weighted by molar-refractivity contribution is 5.92. The number of benzene rings is 1. The summed E-state index contributed by atoms with van der Waals surface area (Å²) in [5.41, 5.74) is 9.97. The Bertz CT molecular complexity index is 988. The lowest BCUT2D eigenvalue weighted by atomic mass is 10.1. The zero-order valence-electron chi connectivity index (χ0n) is 16.4. The van der Waals surface area contributed by atoms with Gasteiger partial charge in [-0.2, -0.15) is 5.10 Å². The molecule has 1 amide bonds. The Balaban J connectivity index is 1.31. The van der Waals surface area contributed by atoms with E-state index in [-0.39, 0.29) is 24.8 Å². The summed E-state index contributed by atoms with van der Waals surface area (Å²) in [6.07, 6.45) is 5.80. The molecule has 29 heavy (non-hydrogen) atoms. The Kier molecular flexibility index (Phi) is 5.55. The number of carbonyl (C=O) groups excluding carboxylic acids is 1. The zero-order valence-corrected chi connectivity index (χ0v) is 16.4. The fourth-order valence-electron chi connectivity index (χ4n) is 3.25. The molecule has 2 atom stereocenters. The first kappa shape index (κ1) is 19.1. The lowest BCUT2D eigenvalue weighted by Gasteiger charge is -2.11. The summed E-state index contributed by atoms with van der Waals surface area (Å²) in [5, 5.41) is 7.27. The minimum Gasteiger partial charge on any atom is -0.471 e. The van der Waals surface area contributed by atoms with Gasteiger partial charge >= 0.3 is 0 Å². The molecule has 0 radical (unpaired) electrons. The number of nitrogens with zero attached hydrogens (tertiary/aromatic N) is 3. The van der Waals surface area contributed by atoms with Crippen LogP contribution >= 0.6 is 0 Å². The molecule has 2 aromatic heterocycles. The molecule has 8 nitrogen and oxygen atoms in total. The molecule has 8 heteroatoms. The largest absolute Gasteiger partial charge is 0.471 e. The average molecular weight is 392 g/mol. The van der Waals surface area contributed by atoms with Crippen LogP contribution in [0.1, 0.15) is 39.6 Å². The predicted molar refractivity (Wildman–Crippen MR) is 108 cm³/mol. The zero-order chi connectivity index (χ0) is 20.2. The van der Waals surface area contributed by atoms with Crippen molar-refractivity contribution in [2.45, 2.75) is 39.2 Å². The number of rotatable bonds is 6. The minimum atomic E-state index is -0.231. The number of aromatic nitrogens is 3. The van der Waals surface area contributed by atoms with Gasteiger partial charge in [0.2, 0.25) is 0 Å². The maximum atomic E-state index is 12.5. The van der Waals surface area contributed by atoms with Crippen LogP contribution in [0.5, 0.6) is 5.75 Å². The fraction of sp³-hybridized carbons (Fsp3) is 0.286. The molecular formula is C21H24N6O2. The molecular weight excluding hydrogens is 368 g/mol. The number of ether oxygens (including phenoxy) is 1. The molecule has 0 aliphatic carbocycles. The topological polar surface area (TPSA) is 93.1 Å². The van der Waals surface area contributed by atoms with Crippen molar-refractivity contribution in [2.24, 2.45) is 0 Å². The van der Waals surface area contributed by atoms with Crippen molar-refractivity contribution in [3.63, 3.8) is 0 Å². The fourth-order valence-corrected chi connectivity index (χ4v) is 3.25. The van der Waals surface area contributed by atoms with E-state index in [0.29, 0.717) is 5.69 Å². The molecule has 150 valence electrons. The van der Waals surface area contributed by atoms with Gasteiger partial charge in [-0.1, -0.05) is 12.1 Å². The number of amides is 1. The highest BCUT2D eigenvalue weighted by atomic mass is 16.5. The molecule has 3 aromatic rings. The molecule has 1 saturated heterocycles. The summed E-state index contributed by atoms with van der Waals surface area (Å²) in [6, 6.07) is 11.8. The number of nitrogens with one attached hydrogen (secondary N) is 3. The molecule has 1 aromatic carbocycles. The van der Waals surface area contributed by atoms with Gasteiger partial charge in [0.1, 0.15) is 11.4 Å². The Labute approximate surface area is 169 Å². The second kappa shape index (κ2) is 8.42. The van der Waals surface area contributed by atoms with E-state index in [0.717, 1.165) is 28.9 Å². The Morgan fingerprint density at radius 3 is 2.86 bits per heavy atom. The van der Waals surface area contributed by atoms with Crippen molar-refractivity contribution in [2.75, 3.05) is 0 Å². The molecule has 1 fully saturated rings. The van der Waals surface area contributed by atoms with Crippen LogP contribution < -0.4 is 20.9 Å². The van der Waals surface area contributed by atoms with E-state index in [1.807, 2.05) is 44.2 Å². The molecule has 4 rings (SSSR count). The van der Waals surface area contributed by atoms with Gasteiger partial charge in [0.15, 0.2) is 6.73 Å². The van der Waals surface area contributed by atoms with E-state index in [4.69, 9.17) is 4.74 Å². The first-order valence-corrected chi connectivity index (χ1v) is 9.54. The molecule has 1 aliphatic heterocycles. The number of carbonyl (C=O) groups is 1. The second-order valence-corrected chi connectivity index (χ2v) is 7.17. The Morgan fingerprint density at radius 1 is 1.21 bits per heavy atom.